The topological polar surface area (TPSA) is 69.6 Å². The van der Waals surface area contributed by atoms with Gasteiger partial charge in [-0.2, -0.15) is 13.2 Å². The lowest BCUT2D eigenvalue weighted by Gasteiger charge is -2.20. The summed E-state index contributed by atoms with van der Waals surface area (Å²) in [6.45, 7) is 1.32. The number of benzene rings is 1. The van der Waals surface area contributed by atoms with E-state index in [1.807, 2.05) is 0 Å². The number of urea groups is 1. The van der Waals surface area contributed by atoms with Crippen molar-refractivity contribution in [1.82, 2.24) is 4.90 Å². The Morgan fingerprint density at radius 1 is 1.36 bits per heavy atom. The number of aliphatic carboxylic acids is 1. The largest absolute Gasteiger partial charge is 0.481 e. The molecule has 1 aromatic carbocycles. The number of carboxylic acids is 1. The molecule has 0 aliphatic heterocycles. The average Bonchev–Trinajstić information content (AvgIpc) is 2.36. The summed E-state index contributed by atoms with van der Waals surface area (Å²) in [5.74, 6) is -1.89. The van der Waals surface area contributed by atoms with Crippen LogP contribution in [-0.4, -0.2) is 35.6 Å². The lowest BCUT2D eigenvalue weighted by molar-refractivity contribution is -0.141. The van der Waals surface area contributed by atoms with Gasteiger partial charge in [0.25, 0.3) is 0 Å². The number of nitrogens with zero attached hydrogens (tertiary/aromatic N) is 1. The summed E-state index contributed by atoms with van der Waals surface area (Å²) in [6.07, 6.45) is -4.59. The zero-order valence-electron chi connectivity index (χ0n) is 11.7. The summed E-state index contributed by atoms with van der Waals surface area (Å²) in [6, 6.07) is 1.93. The van der Waals surface area contributed by atoms with Crippen LogP contribution < -0.4 is 5.32 Å². The molecule has 1 rings (SSSR count). The lowest BCUT2D eigenvalue weighted by Crippen LogP contribution is -2.36. The van der Waals surface area contributed by atoms with Crippen LogP contribution in [0.3, 0.4) is 0 Å². The van der Waals surface area contributed by atoms with E-state index in [0.717, 1.165) is 17.0 Å². The van der Waals surface area contributed by atoms with Crippen LogP contribution in [-0.2, 0) is 11.0 Å². The normalized spacial score (nSPS) is 12.6. The summed E-state index contributed by atoms with van der Waals surface area (Å²) in [7, 11) is 1.34. The molecule has 5 nitrogen and oxygen atoms in total. The average molecular weight is 339 g/mol. The van der Waals surface area contributed by atoms with Crippen molar-refractivity contribution < 1.29 is 27.9 Å². The van der Waals surface area contributed by atoms with Crippen LogP contribution in [0, 0.1) is 5.92 Å². The molecule has 1 aromatic rings. The lowest BCUT2D eigenvalue weighted by atomic mass is 10.2. The molecule has 0 heterocycles. The van der Waals surface area contributed by atoms with E-state index < -0.39 is 29.7 Å². The van der Waals surface area contributed by atoms with Gasteiger partial charge in [0, 0.05) is 24.3 Å². The van der Waals surface area contributed by atoms with Crippen LogP contribution in [0.5, 0.6) is 0 Å². The Hall–Kier alpha value is -1.96. The van der Waals surface area contributed by atoms with Crippen molar-refractivity contribution in [3.8, 4) is 0 Å². The molecule has 2 amide bonds. The fraction of sp³-hybridized carbons (Fsp3) is 0.385. The monoisotopic (exact) mass is 338 g/mol. The highest BCUT2D eigenvalue weighted by molar-refractivity contribution is 6.31. The van der Waals surface area contributed by atoms with Gasteiger partial charge in [0.1, 0.15) is 0 Å². The van der Waals surface area contributed by atoms with E-state index in [1.165, 1.54) is 20.0 Å². The van der Waals surface area contributed by atoms with Crippen molar-refractivity contribution in [3.05, 3.63) is 28.8 Å². The van der Waals surface area contributed by atoms with Gasteiger partial charge in [-0.3, -0.25) is 4.79 Å². The van der Waals surface area contributed by atoms with E-state index in [1.54, 1.807) is 0 Å². The first-order valence-corrected chi connectivity index (χ1v) is 6.51. The molecule has 0 saturated carbocycles. The number of hydrogen-bond donors (Lipinski definition) is 2. The van der Waals surface area contributed by atoms with Gasteiger partial charge in [0.2, 0.25) is 0 Å². The van der Waals surface area contributed by atoms with Crippen LogP contribution in [0.4, 0.5) is 23.7 Å². The standard InChI is InChI=1S/C13H14ClF3N2O3/c1-7(11(20)21)6-19(2)12(22)18-10-4-8(13(15,16)17)3-9(14)5-10/h3-5,7H,6H2,1-2H3,(H,18,22)(H,20,21). The number of carbonyl (C=O) groups excluding carboxylic acids is 1. The smallest absolute Gasteiger partial charge is 0.416 e. The number of rotatable bonds is 4. The maximum absolute atomic E-state index is 12.7. The van der Waals surface area contributed by atoms with Crippen molar-refractivity contribution in [2.75, 3.05) is 18.9 Å². The number of anilines is 1. The molecule has 2 N–H and O–H groups in total. The zero-order chi connectivity index (χ0) is 17.1. The Bertz CT molecular complexity index is 578. The number of halogens is 4. The third kappa shape index (κ3) is 5.10. The number of amides is 2. The van der Waals surface area contributed by atoms with E-state index in [0.29, 0.717) is 0 Å². The first-order valence-electron chi connectivity index (χ1n) is 6.13. The van der Waals surface area contributed by atoms with Crippen LogP contribution in [0.25, 0.3) is 0 Å². The second kappa shape index (κ2) is 6.87. The molecule has 122 valence electrons. The highest BCUT2D eigenvalue weighted by Crippen LogP contribution is 2.33. The van der Waals surface area contributed by atoms with E-state index in [9.17, 15) is 22.8 Å². The maximum atomic E-state index is 12.7. The molecule has 0 aliphatic carbocycles. The molecule has 1 unspecified atom stereocenters. The molecule has 0 aliphatic rings. The zero-order valence-corrected chi connectivity index (χ0v) is 12.5. The van der Waals surface area contributed by atoms with Gasteiger partial charge in [-0.15, -0.1) is 0 Å². The Labute approximate surface area is 129 Å². The summed E-state index contributed by atoms with van der Waals surface area (Å²) < 4.78 is 38.0. The second-order valence-electron chi connectivity index (χ2n) is 4.78. The highest BCUT2D eigenvalue weighted by atomic mass is 35.5. The first-order chi connectivity index (χ1) is 10.0. The van der Waals surface area contributed by atoms with Crippen molar-refractivity contribution in [2.45, 2.75) is 13.1 Å². The molecule has 0 spiro atoms. The Kier molecular flexibility index (Phi) is 5.65. The molecule has 1 atom stereocenters. The molecular formula is C13H14ClF3N2O3. The second-order valence-corrected chi connectivity index (χ2v) is 5.21. The van der Waals surface area contributed by atoms with Gasteiger partial charge in [-0.1, -0.05) is 18.5 Å². The minimum Gasteiger partial charge on any atom is -0.481 e. The fourth-order valence-corrected chi connectivity index (χ4v) is 1.85. The minimum absolute atomic E-state index is 0.0894. The van der Waals surface area contributed by atoms with Crippen molar-refractivity contribution in [3.63, 3.8) is 0 Å². The van der Waals surface area contributed by atoms with Crippen LogP contribution in [0.2, 0.25) is 5.02 Å². The minimum atomic E-state index is -4.59. The van der Waals surface area contributed by atoms with Crippen molar-refractivity contribution >= 4 is 29.3 Å². The fourth-order valence-electron chi connectivity index (χ4n) is 1.62. The van der Waals surface area contributed by atoms with Gasteiger partial charge in [-0.05, 0) is 18.2 Å². The predicted octanol–water partition coefficient (Wildman–Crippen LogP) is 3.54. The Balaban J connectivity index is 2.84. The number of nitrogens with one attached hydrogen (secondary N) is 1. The van der Waals surface area contributed by atoms with Crippen LogP contribution in [0.1, 0.15) is 12.5 Å². The van der Waals surface area contributed by atoms with E-state index in [-0.39, 0.29) is 17.3 Å². The SMILES string of the molecule is CC(CN(C)C(=O)Nc1cc(Cl)cc(C(F)(F)F)c1)C(=O)O. The van der Waals surface area contributed by atoms with Gasteiger partial charge >= 0.3 is 18.2 Å². The van der Waals surface area contributed by atoms with Gasteiger partial charge < -0.3 is 15.3 Å². The van der Waals surface area contributed by atoms with E-state index in [4.69, 9.17) is 16.7 Å². The Morgan fingerprint density at radius 3 is 2.45 bits per heavy atom. The van der Waals surface area contributed by atoms with Crippen molar-refractivity contribution in [2.24, 2.45) is 5.92 Å². The number of alkyl halides is 3. The highest BCUT2D eigenvalue weighted by Gasteiger charge is 2.31. The summed E-state index contributed by atoms with van der Waals surface area (Å²) in [4.78, 5) is 23.6. The predicted molar refractivity (Wildman–Crippen MR) is 74.9 cm³/mol. The van der Waals surface area contributed by atoms with Crippen molar-refractivity contribution in [1.29, 1.82) is 0 Å². The van der Waals surface area contributed by atoms with E-state index >= 15 is 0 Å². The number of carbonyl (C=O) groups is 2. The van der Waals surface area contributed by atoms with E-state index in [2.05, 4.69) is 5.32 Å². The molecule has 0 saturated heterocycles. The summed E-state index contributed by atoms with van der Waals surface area (Å²) in [5, 5.41) is 10.8. The first kappa shape index (κ1) is 18.1. The Morgan fingerprint density at radius 2 is 1.95 bits per heavy atom. The number of hydrogen-bond acceptors (Lipinski definition) is 2. The maximum Gasteiger partial charge on any atom is 0.416 e. The molecule has 22 heavy (non-hydrogen) atoms. The van der Waals surface area contributed by atoms with Crippen LogP contribution in [0.15, 0.2) is 18.2 Å². The molecular weight excluding hydrogens is 325 g/mol. The third-order valence-corrected chi connectivity index (χ3v) is 3.01. The third-order valence-electron chi connectivity index (χ3n) is 2.79. The molecule has 0 fully saturated rings. The molecule has 0 aromatic heterocycles. The summed E-state index contributed by atoms with van der Waals surface area (Å²) in [5.41, 5.74) is -1.11. The number of carboxylic acid groups (broad SMARTS) is 1. The molecule has 9 heteroatoms. The van der Waals surface area contributed by atoms with Gasteiger partial charge in [-0.25, -0.2) is 4.79 Å². The quantitative estimate of drug-likeness (QED) is 0.882. The summed E-state index contributed by atoms with van der Waals surface area (Å²) >= 11 is 5.60. The molecule has 0 bridgehead atoms. The van der Waals surface area contributed by atoms with Gasteiger partial charge in [0.15, 0.2) is 0 Å². The molecule has 0 radical (unpaired) electrons. The van der Waals surface area contributed by atoms with Gasteiger partial charge in [0.05, 0.1) is 11.5 Å². The van der Waals surface area contributed by atoms with Crippen LogP contribution >= 0.6 is 11.6 Å².